The number of hydrogen-bond donors (Lipinski definition) is 2. The number of rotatable bonds is 7. The Kier molecular flexibility index (Phi) is 8.61. The highest BCUT2D eigenvalue weighted by molar-refractivity contribution is 5.82. The van der Waals surface area contributed by atoms with E-state index in [1.54, 1.807) is 0 Å². The van der Waals surface area contributed by atoms with E-state index in [1.807, 2.05) is 0 Å². The third-order valence-corrected chi connectivity index (χ3v) is 6.97. The molecule has 5 heteroatoms. The quantitative estimate of drug-likeness (QED) is 0.654. The van der Waals surface area contributed by atoms with Crippen molar-refractivity contribution in [1.29, 1.82) is 0 Å². The van der Waals surface area contributed by atoms with Crippen molar-refractivity contribution in [2.75, 3.05) is 26.2 Å². The number of amides is 1. The van der Waals surface area contributed by atoms with E-state index in [4.69, 9.17) is 0 Å². The van der Waals surface area contributed by atoms with Crippen LogP contribution in [0.25, 0.3) is 0 Å². The Morgan fingerprint density at radius 2 is 1.68 bits per heavy atom. The first-order valence-electron chi connectivity index (χ1n) is 12.1. The summed E-state index contributed by atoms with van der Waals surface area (Å²) in [6, 6.07) is 1.97. The predicted octanol–water partition coefficient (Wildman–Crippen LogP) is 3.14. The van der Waals surface area contributed by atoms with Crippen molar-refractivity contribution in [3.63, 3.8) is 0 Å². The number of likely N-dealkylation sites (tertiary alicyclic amines) is 2. The van der Waals surface area contributed by atoms with Crippen LogP contribution < -0.4 is 10.6 Å². The van der Waals surface area contributed by atoms with Gasteiger partial charge in [-0.3, -0.25) is 9.69 Å². The molecule has 1 saturated carbocycles. The summed E-state index contributed by atoms with van der Waals surface area (Å²) in [4.78, 5) is 18.1. The summed E-state index contributed by atoms with van der Waals surface area (Å²) >= 11 is 0. The maximum Gasteiger partial charge on any atom is 0.237 e. The number of carbonyl (C=O) groups excluding carboxylic acids is 1. The number of piperidine rings is 1. The molecule has 2 aliphatic heterocycles. The summed E-state index contributed by atoms with van der Waals surface area (Å²) in [5, 5.41) is 7.16. The van der Waals surface area contributed by atoms with Gasteiger partial charge in [0.1, 0.15) is 0 Å². The lowest BCUT2D eigenvalue weighted by Gasteiger charge is -2.39. The van der Waals surface area contributed by atoms with E-state index in [2.05, 4.69) is 41.2 Å². The van der Waals surface area contributed by atoms with Gasteiger partial charge < -0.3 is 15.5 Å². The van der Waals surface area contributed by atoms with Crippen molar-refractivity contribution in [2.45, 2.75) is 115 Å². The molecule has 0 bridgehead atoms. The van der Waals surface area contributed by atoms with Gasteiger partial charge in [0.25, 0.3) is 0 Å². The molecule has 5 nitrogen and oxygen atoms in total. The van der Waals surface area contributed by atoms with E-state index in [1.165, 1.54) is 77.4 Å². The molecule has 162 valence electrons. The van der Waals surface area contributed by atoms with Gasteiger partial charge in [-0.2, -0.15) is 0 Å². The van der Waals surface area contributed by atoms with Crippen molar-refractivity contribution in [3.8, 4) is 0 Å². The zero-order valence-electron chi connectivity index (χ0n) is 18.6. The molecule has 1 aliphatic carbocycles. The zero-order chi connectivity index (χ0) is 19.9. The molecule has 0 aromatic rings. The maximum absolute atomic E-state index is 13.0. The molecule has 3 fully saturated rings. The van der Waals surface area contributed by atoms with Gasteiger partial charge in [0.2, 0.25) is 5.91 Å². The molecule has 0 aromatic heterocycles. The number of carbonyl (C=O) groups is 1. The number of hydrogen-bond acceptors (Lipinski definition) is 4. The standard InChI is InChI=1S/C23H44N4O/c1-4-13-26-14-11-21(12-15-26)27-17-20(16-22(27)23(28)24-18(2)3)25-19-9-7-5-6-8-10-19/h18-22,25H,4-17H2,1-3H3,(H,24,28)/t20-,22+/m1/s1. The molecule has 0 radical (unpaired) electrons. The van der Waals surface area contributed by atoms with Crippen molar-refractivity contribution in [3.05, 3.63) is 0 Å². The molecule has 1 amide bonds. The molecule has 2 atom stereocenters. The predicted molar refractivity (Wildman–Crippen MR) is 117 cm³/mol. The molecule has 0 aromatic carbocycles. The molecule has 0 unspecified atom stereocenters. The summed E-state index contributed by atoms with van der Waals surface area (Å²) in [7, 11) is 0. The van der Waals surface area contributed by atoms with E-state index in [0.29, 0.717) is 18.1 Å². The van der Waals surface area contributed by atoms with E-state index in [-0.39, 0.29) is 18.0 Å². The lowest BCUT2D eigenvalue weighted by atomic mass is 10.0. The van der Waals surface area contributed by atoms with Crippen LogP contribution in [0.1, 0.15) is 85.0 Å². The van der Waals surface area contributed by atoms with E-state index >= 15 is 0 Å². The maximum atomic E-state index is 13.0. The van der Waals surface area contributed by atoms with Gasteiger partial charge in [0.05, 0.1) is 6.04 Å². The molecule has 2 N–H and O–H groups in total. The smallest absolute Gasteiger partial charge is 0.237 e. The molecule has 0 spiro atoms. The minimum Gasteiger partial charge on any atom is -0.353 e. The Morgan fingerprint density at radius 3 is 2.29 bits per heavy atom. The van der Waals surface area contributed by atoms with Gasteiger partial charge in [0, 0.05) is 30.7 Å². The number of nitrogens with zero attached hydrogens (tertiary/aromatic N) is 2. The molecule has 3 aliphatic rings. The third kappa shape index (κ3) is 6.17. The lowest BCUT2D eigenvalue weighted by Crippen LogP contribution is -2.52. The van der Waals surface area contributed by atoms with Crippen LogP contribution in [0.2, 0.25) is 0 Å². The normalized spacial score (nSPS) is 29.3. The fourth-order valence-corrected chi connectivity index (χ4v) is 5.59. The van der Waals surface area contributed by atoms with E-state index < -0.39 is 0 Å². The summed E-state index contributed by atoms with van der Waals surface area (Å²) in [5.74, 6) is 0.246. The van der Waals surface area contributed by atoms with Crippen LogP contribution in [0.3, 0.4) is 0 Å². The number of nitrogens with one attached hydrogen (secondary N) is 2. The lowest BCUT2D eigenvalue weighted by molar-refractivity contribution is -0.127. The molecule has 3 rings (SSSR count). The van der Waals surface area contributed by atoms with Gasteiger partial charge in [0.15, 0.2) is 0 Å². The van der Waals surface area contributed by atoms with Crippen molar-refractivity contribution >= 4 is 5.91 Å². The molecular formula is C23H44N4O. The van der Waals surface area contributed by atoms with Crippen molar-refractivity contribution in [1.82, 2.24) is 20.4 Å². The Labute approximate surface area is 173 Å². The average molecular weight is 393 g/mol. The zero-order valence-corrected chi connectivity index (χ0v) is 18.6. The van der Waals surface area contributed by atoms with Gasteiger partial charge in [-0.25, -0.2) is 0 Å². The van der Waals surface area contributed by atoms with Crippen LogP contribution in [-0.4, -0.2) is 72.1 Å². The second-order valence-corrected chi connectivity index (χ2v) is 9.74. The third-order valence-electron chi connectivity index (χ3n) is 6.97. The topological polar surface area (TPSA) is 47.6 Å². The minimum atomic E-state index is 0.0494. The largest absolute Gasteiger partial charge is 0.353 e. The van der Waals surface area contributed by atoms with Crippen LogP contribution in [0, 0.1) is 0 Å². The van der Waals surface area contributed by atoms with Crippen LogP contribution in [-0.2, 0) is 4.79 Å². The molecule has 2 saturated heterocycles. The van der Waals surface area contributed by atoms with Gasteiger partial charge in [-0.05, 0) is 72.0 Å². The van der Waals surface area contributed by atoms with Crippen molar-refractivity contribution < 1.29 is 4.79 Å². The Bertz CT molecular complexity index is 467. The van der Waals surface area contributed by atoms with Crippen LogP contribution >= 0.6 is 0 Å². The molecule has 2 heterocycles. The fourth-order valence-electron chi connectivity index (χ4n) is 5.59. The molecular weight excluding hydrogens is 348 g/mol. The summed E-state index contributed by atoms with van der Waals surface area (Å²) in [6.45, 7) is 11.1. The van der Waals surface area contributed by atoms with E-state index in [0.717, 1.165) is 13.0 Å². The first-order chi connectivity index (χ1) is 13.6. The summed E-state index contributed by atoms with van der Waals surface area (Å²) in [6.07, 6.45) is 12.8. The van der Waals surface area contributed by atoms with Gasteiger partial charge >= 0.3 is 0 Å². The Hall–Kier alpha value is -0.650. The highest BCUT2D eigenvalue weighted by atomic mass is 16.2. The minimum absolute atomic E-state index is 0.0494. The highest BCUT2D eigenvalue weighted by Gasteiger charge is 2.41. The van der Waals surface area contributed by atoms with E-state index in [9.17, 15) is 4.79 Å². The Morgan fingerprint density at radius 1 is 1.00 bits per heavy atom. The second-order valence-electron chi connectivity index (χ2n) is 9.74. The first kappa shape index (κ1) is 22.0. The van der Waals surface area contributed by atoms with Gasteiger partial charge in [-0.1, -0.05) is 32.6 Å². The first-order valence-corrected chi connectivity index (χ1v) is 12.1. The van der Waals surface area contributed by atoms with Crippen LogP contribution in [0.4, 0.5) is 0 Å². The molecule has 28 heavy (non-hydrogen) atoms. The summed E-state index contributed by atoms with van der Waals surface area (Å²) in [5.41, 5.74) is 0. The average Bonchev–Trinajstić information content (AvgIpc) is 2.91. The second kappa shape index (κ2) is 10.9. The highest BCUT2D eigenvalue weighted by Crippen LogP contribution is 2.28. The van der Waals surface area contributed by atoms with Crippen molar-refractivity contribution in [2.24, 2.45) is 0 Å². The fraction of sp³-hybridized carbons (Fsp3) is 0.957. The van der Waals surface area contributed by atoms with Gasteiger partial charge in [-0.15, -0.1) is 0 Å². The van der Waals surface area contributed by atoms with Crippen LogP contribution in [0.15, 0.2) is 0 Å². The Balaban J connectivity index is 1.60. The van der Waals surface area contributed by atoms with Crippen LogP contribution in [0.5, 0.6) is 0 Å². The summed E-state index contributed by atoms with van der Waals surface area (Å²) < 4.78 is 0. The SMILES string of the molecule is CCCN1CCC(N2C[C@H](NC3CCCCCC3)C[C@H]2C(=O)NC(C)C)CC1. The monoisotopic (exact) mass is 392 g/mol.